The Labute approximate surface area is 117 Å². The summed E-state index contributed by atoms with van der Waals surface area (Å²) < 4.78 is 24.9. The van der Waals surface area contributed by atoms with Crippen LogP contribution < -0.4 is 0 Å². The minimum Gasteiger partial charge on any atom is -0.346 e. The van der Waals surface area contributed by atoms with Crippen molar-refractivity contribution in [3.05, 3.63) is 35.1 Å². The number of nitrogens with zero attached hydrogens (tertiary/aromatic N) is 1. The molecule has 0 radical (unpaired) electrons. The van der Waals surface area contributed by atoms with Gasteiger partial charge in [-0.1, -0.05) is 6.07 Å². The Morgan fingerprint density at radius 3 is 2.80 bits per heavy atom. The van der Waals surface area contributed by atoms with Crippen LogP contribution in [-0.4, -0.2) is 42.9 Å². The first-order valence-electron chi connectivity index (χ1n) is 6.93. The summed E-state index contributed by atoms with van der Waals surface area (Å²) in [6.07, 6.45) is 1.64. The van der Waals surface area contributed by atoms with Crippen molar-refractivity contribution in [2.45, 2.75) is 25.6 Å². The number of hydrogen-bond donors (Lipinski definition) is 0. The third-order valence-electron chi connectivity index (χ3n) is 3.94. The van der Waals surface area contributed by atoms with E-state index in [1.54, 1.807) is 24.0 Å². The second-order valence-electron chi connectivity index (χ2n) is 5.40. The van der Waals surface area contributed by atoms with E-state index in [0.717, 1.165) is 12.8 Å². The summed E-state index contributed by atoms with van der Waals surface area (Å²) in [4.78, 5) is 14.1. The summed E-state index contributed by atoms with van der Waals surface area (Å²) in [5.74, 6) is -1.16. The van der Waals surface area contributed by atoms with Crippen molar-refractivity contribution in [2.75, 3.05) is 26.3 Å². The molecule has 0 aliphatic carbocycles. The van der Waals surface area contributed by atoms with Gasteiger partial charge in [-0.05, 0) is 31.0 Å². The molecule has 3 rings (SSSR count). The average Bonchev–Trinajstić information content (AvgIpc) is 2.89. The smallest absolute Gasteiger partial charge is 0.254 e. The van der Waals surface area contributed by atoms with Crippen molar-refractivity contribution in [2.24, 2.45) is 0 Å². The summed E-state index contributed by atoms with van der Waals surface area (Å²) in [5, 5.41) is 0. The van der Waals surface area contributed by atoms with Crippen LogP contribution >= 0.6 is 0 Å². The van der Waals surface area contributed by atoms with Gasteiger partial charge < -0.3 is 14.4 Å². The van der Waals surface area contributed by atoms with Crippen molar-refractivity contribution in [3.63, 3.8) is 0 Å². The molecule has 0 bridgehead atoms. The van der Waals surface area contributed by atoms with Crippen molar-refractivity contribution >= 4 is 5.91 Å². The van der Waals surface area contributed by atoms with E-state index < -0.39 is 5.79 Å². The van der Waals surface area contributed by atoms with Crippen molar-refractivity contribution in [3.8, 4) is 0 Å². The summed E-state index contributed by atoms with van der Waals surface area (Å²) in [6.45, 7) is 3.90. The van der Waals surface area contributed by atoms with Gasteiger partial charge in [-0.3, -0.25) is 4.79 Å². The lowest BCUT2D eigenvalue weighted by molar-refractivity contribution is -0.183. The van der Waals surface area contributed by atoms with Crippen molar-refractivity contribution in [1.29, 1.82) is 0 Å². The van der Waals surface area contributed by atoms with Crippen LogP contribution in [0.3, 0.4) is 0 Å². The van der Waals surface area contributed by atoms with E-state index in [9.17, 15) is 9.18 Å². The van der Waals surface area contributed by atoms with E-state index >= 15 is 0 Å². The molecule has 0 atom stereocenters. The Morgan fingerprint density at radius 2 is 2.10 bits per heavy atom. The van der Waals surface area contributed by atoms with E-state index in [2.05, 4.69) is 0 Å². The van der Waals surface area contributed by atoms with Gasteiger partial charge in [0.25, 0.3) is 5.91 Å². The fourth-order valence-electron chi connectivity index (χ4n) is 2.80. The summed E-state index contributed by atoms with van der Waals surface area (Å²) in [7, 11) is 0. The molecule has 20 heavy (non-hydrogen) atoms. The maximum absolute atomic E-state index is 13.6. The quantitative estimate of drug-likeness (QED) is 0.790. The van der Waals surface area contributed by atoms with Gasteiger partial charge in [-0.2, -0.15) is 0 Å². The minimum absolute atomic E-state index is 0.165. The van der Waals surface area contributed by atoms with Crippen LogP contribution in [-0.2, 0) is 9.47 Å². The zero-order chi connectivity index (χ0) is 14.2. The summed E-state index contributed by atoms with van der Waals surface area (Å²) in [6, 6.07) is 4.60. The van der Waals surface area contributed by atoms with Gasteiger partial charge in [0, 0.05) is 18.5 Å². The van der Waals surface area contributed by atoms with Gasteiger partial charge in [0.1, 0.15) is 5.82 Å². The van der Waals surface area contributed by atoms with E-state index in [4.69, 9.17) is 9.47 Å². The predicted molar refractivity (Wildman–Crippen MR) is 70.9 cm³/mol. The molecule has 2 heterocycles. The lowest BCUT2D eigenvalue weighted by atomic mass is 10.0. The highest BCUT2D eigenvalue weighted by Gasteiger charge is 2.42. The molecular formula is C15H18FNO3. The van der Waals surface area contributed by atoms with Crippen LogP contribution in [0.5, 0.6) is 0 Å². The summed E-state index contributed by atoms with van der Waals surface area (Å²) in [5.41, 5.74) is 0.919. The first kappa shape index (κ1) is 13.5. The number of halogens is 1. The Hall–Kier alpha value is -1.46. The van der Waals surface area contributed by atoms with Gasteiger partial charge in [-0.15, -0.1) is 0 Å². The lowest BCUT2D eigenvalue weighted by Crippen LogP contribution is -2.51. The minimum atomic E-state index is -0.642. The maximum atomic E-state index is 13.6. The molecule has 0 N–H and O–H groups in total. The summed E-state index contributed by atoms with van der Waals surface area (Å²) >= 11 is 0. The van der Waals surface area contributed by atoms with Crippen LogP contribution in [0.1, 0.15) is 28.8 Å². The average molecular weight is 279 g/mol. The number of aryl methyl sites for hydroxylation is 1. The largest absolute Gasteiger partial charge is 0.346 e. The number of amides is 1. The molecule has 5 heteroatoms. The standard InChI is InChI=1S/C15H18FNO3/c1-11-3-4-12(9-13(11)16)14(18)17-6-2-5-15(10-17)19-7-8-20-15/h3-4,9H,2,5-8,10H2,1H3. The van der Waals surface area contributed by atoms with Gasteiger partial charge in [-0.25, -0.2) is 4.39 Å². The van der Waals surface area contributed by atoms with Crippen LogP contribution in [0.4, 0.5) is 4.39 Å². The monoisotopic (exact) mass is 279 g/mol. The van der Waals surface area contributed by atoms with Crippen LogP contribution in [0.2, 0.25) is 0 Å². The van der Waals surface area contributed by atoms with Crippen molar-refractivity contribution < 1.29 is 18.7 Å². The van der Waals surface area contributed by atoms with E-state index in [0.29, 0.717) is 37.4 Å². The Bertz CT molecular complexity index is 526. The van der Waals surface area contributed by atoms with E-state index in [1.807, 2.05) is 0 Å². The molecule has 108 valence electrons. The highest BCUT2D eigenvalue weighted by atomic mass is 19.1. The van der Waals surface area contributed by atoms with Gasteiger partial charge >= 0.3 is 0 Å². The van der Waals surface area contributed by atoms with Gasteiger partial charge in [0.2, 0.25) is 0 Å². The zero-order valence-electron chi connectivity index (χ0n) is 11.5. The number of likely N-dealkylation sites (tertiary alicyclic amines) is 1. The molecule has 2 aliphatic heterocycles. The molecule has 1 aromatic rings. The lowest BCUT2D eigenvalue weighted by Gasteiger charge is -2.38. The number of carbonyl (C=O) groups excluding carboxylic acids is 1. The number of carbonyl (C=O) groups is 1. The third kappa shape index (κ3) is 2.43. The normalized spacial score (nSPS) is 21.4. The molecule has 1 amide bonds. The molecule has 0 saturated carbocycles. The predicted octanol–water partition coefficient (Wildman–Crippen LogP) is 2.11. The highest BCUT2D eigenvalue weighted by molar-refractivity contribution is 5.94. The zero-order valence-corrected chi connectivity index (χ0v) is 11.5. The topological polar surface area (TPSA) is 38.8 Å². The van der Waals surface area contributed by atoms with Crippen LogP contribution in [0.25, 0.3) is 0 Å². The first-order valence-corrected chi connectivity index (χ1v) is 6.93. The Kier molecular flexibility index (Phi) is 3.48. The molecule has 0 aromatic heterocycles. The SMILES string of the molecule is Cc1ccc(C(=O)N2CCCC3(C2)OCCO3)cc1F. The number of rotatable bonds is 1. The molecule has 0 unspecified atom stereocenters. The maximum Gasteiger partial charge on any atom is 0.254 e. The van der Waals surface area contributed by atoms with Gasteiger partial charge in [0.15, 0.2) is 5.79 Å². The molecule has 2 aliphatic rings. The Morgan fingerprint density at radius 1 is 1.35 bits per heavy atom. The molecule has 4 nitrogen and oxygen atoms in total. The molecule has 1 aromatic carbocycles. The number of hydrogen-bond acceptors (Lipinski definition) is 3. The van der Waals surface area contributed by atoms with Crippen molar-refractivity contribution in [1.82, 2.24) is 4.90 Å². The highest BCUT2D eigenvalue weighted by Crippen LogP contribution is 2.30. The fourth-order valence-corrected chi connectivity index (χ4v) is 2.80. The van der Waals surface area contributed by atoms with Crippen LogP contribution in [0.15, 0.2) is 18.2 Å². The molecule has 2 fully saturated rings. The van der Waals surface area contributed by atoms with Gasteiger partial charge in [0.05, 0.1) is 19.8 Å². The molecule has 1 spiro atoms. The molecular weight excluding hydrogens is 261 g/mol. The van der Waals surface area contributed by atoms with E-state index in [-0.39, 0.29) is 11.7 Å². The Balaban J connectivity index is 1.77. The van der Waals surface area contributed by atoms with E-state index in [1.165, 1.54) is 6.07 Å². The first-order chi connectivity index (χ1) is 9.60. The second-order valence-corrected chi connectivity index (χ2v) is 5.40. The molecule has 2 saturated heterocycles. The number of piperidine rings is 1. The van der Waals surface area contributed by atoms with Crippen LogP contribution in [0, 0.1) is 12.7 Å². The second kappa shape index (κ2) is 5.14. The third-order valence-corrected chi connectivity index (χ3v) is 3.94. The number of benzene rings is 1. The fraction of sp³-hybridized carbons (Fsp3) is 0.533. The number of ether oxygens (including phenoxy) is 2.